The first-order valence-electron chi connectivity index (χ1n) is 15.4. The molecule has 242 valence electrons. The van der Waals surface area contributed by atoms with Crippen LogP contribution in [0.5, 0.6) is 5.75 Å². The number of ether oxygens (including phenoxy) is 1. The maximum absolute atomic E-state index is 14.7. The Balaban J connectivity index is 1.37. The van der Waals surface area contributed by atoms with E-state index in [1.54, 1.807) is 24.1 Å². The molecule has 9 nitrogen and oxygen atoms in total. The molecule has 3 saturated heterocycles. The number of carbonyl (C=O) groups is 4. The van der Waals surface area contributed by atoms with Gasteiger partial charge in [0.05, 0.1) is 16.0 Å². The maximum Gasteiger partial charge on any atom is 0.415 e. The van der Waals surface area contributed by atoms with Crippen LogP contribution in [0.3, 0.4) is 0 Å². The van der Waals surface area contributed by atoms with Crippen molar-refractivity contribution in [1.82, 2.24) is 20.0 Å². The summed E-state index contributed by atoms with van der Waals surface area (Å²) in [5, 5.41) is 4.03. The summed E-state index contributed by atoms with van der Waals surface area (Å²) in [6.07, 6.45) is 1.02. The van der Waals surface area contributed by atoms with Crippen molar-refractivity contribution in [2.75, 3.05) is 39.8 Å². The number of hydrogen-bond acceptors (Lipinski definition) is 6. The molecule has 0 saturated carbocycles. The summed E-state index contributed by atoms with van der Waals surface area (Å²) in [5.41, 5.74) is -0.578. The zero-order valence-corrected chi connectivity index (χ0v) is 27.2. The van der Waals surface area contributed by atoms with Gasteiger partial charge >= 0.3 is 6.09 Å². The third-order valence-corrected chi connectivity index (χ3v) is 10.3. The second kappa shape index (κ2) is 13.6. The molecular weight excluding hydrogens is 622 g/mol. The Kier molecular flexibility index (Phi) is 10.1. The van der Waals surface area contributed by atoms with Gasteiger partial charge < -0.3 is 19.9 Å². The Morgan fingerprint density at radius 2 is 1.71 bits per heavy atom. The van der Waals surface area contributed by atoms with Gasteiger partial charge in [0.1, 0.15) is 17.1 Å². The molecule has 3 heterocycles. The number of ketones is 1. The van der Waals surface area contributed by atoms with Crippen LogP contribution in [0.1, 0.15) is 51.0 Å². The Morgan fingerprint density at radius 3 is 2.36 bits per heavy atom. The van der Waals surface area contributed by atoms with Crippen LogP contribution in [-0.4, -0.2) is 89.7 Å². The number of carbonyl (C=O) groups excluding carboxylic acids is 4. The van der Waals surface area contributed by atoms with E-state index in [0.29, 0.717) is 61.9 Å². The number of amides is 3. The largest absolute Gasteiger partial charge is 0.415 e. The Hall–Kier alpha value is -3.21. The number of likely N-dealkylation sites (N-methyl/N-ethyl adjacent to an activating group) is 1. The normalized spacial score (nSPS) is 24.2. The predicted molar refractivity (Wildman–Crippen MR) is 169 cm³/mol. The second-order valence-corrected chi connectivity index (χ2v) is 13.3. The average molecular weight is 662 g/mol. The number of halogens is 3. The maximum atomic E-state index is 14.7. The van der Waals surface area contributed by atoms with E-state index in [0.717, 1.165) is 5.56 Å². The van der Waals surface area contributed by atoms with E-state index in [9.17, 15) is 23.6 Å². The molecule has 12 heteroatoms. The zero-order valence-electron chi connectivity index (χ0n) is 25.7. The van der Waals surface area contributed by atoms with Crippen LogP contribution in [0.2, 0.25) is 10.0 Å². The highest BCUT2D eigenvalue weighted by atomic mass is 35.5. The third kappa shape index (κ3) is 6.69. The first kappa shape index (κ1) is 33.2. The van der Waals surface area contributed by atoms with Gasteiger partial charge in [-0.3, -0.25) is 19.3 Å². The van der Waals surface area contributed by atoms with E-state index in [4.69, 9.17) is 27.9 Å². The molecule has 0 aliphatic carbocycles. The molecule has 45 heavy (non-hydrogen) atoms. The lowest BCUT2D eigenvalue weighted by Crippen LogP contribution is -2.62. The number of Topliss-reactive ketones (excluding diaryl/α,β-unsaturated/α-hetero) is 1. The number of nitrogens with one attached hydrogen (secondary N) is 1. The fourth-order valence-corrected chi connectivity index (χ4v) is 7.29. The lowest BCUT2D eigenvalue weighted by atomic mass is 9.72. The number of likely N-dealkylation sites (tertiary alicyclic amines) is 2. The first-order chi connectivity index (χ1) is 21.4. The van der Waals surface area contributed by atoms with Gasteiger partial charge in [0.25, 0.3) is 0 Å². The van der Waals surface area contributed by atoms with E-state index in [2.05, 4.69) is 5.32 Å². The van der Waals surface area contributed by atoms with Crippen LogP contribution in [0.15, 0.2) is 42.5 Å². The van der Waals surface area contributed by atoms with Crippen molar-refractivity contribution in [3.63, 3.8) is 0 Å². The molecule has 1 unspecified atom stereocenters. The Morgan fingerprint density at radius 1 is 1.02 bits per heavy atom. The standard InChI is InChI=1S/C33H39Cl2FN4O5/c1-20(2)40-18-23(5-11-29(40)41)31(43)39-14-12-21(13-15-39)30(42)33(38(3)32(44)45-25-8-6-24(36)7-9-25)19-37-17-26(33)22-4-10-27(34)28(35)16-22/h4,6-10,16,20-21,23,26,37H,5,11-15,17-19H2,1-3H3/t23?,26-,33+/m0/s1. The molecular formula is C33H39Cl2FN4O5. The van der Waals surface area contributed by atoms with Gasteiger partial charge in [0.15, 0.2) is 5.78 Å². The smallest absolute Gasteiger partial charge is 0.410 e. The van der Waals surface area contributed by atoms with Crippen molar-refractivity contribution < 1.29 is 28.3 Å². The summed E-state index contributed by atoms with van der Waals surface area (Å²) < 4.78 is 19.1. The molecule has 0 bridgehead atoms. The molecule has 2 aromatic rings. The van der Waals surface area contributed by atoms with Crippen molar-refractivity contribution in [3.05, 3.63) is 63.9 Å². The molecule has 3 amide bonds. The second-order valence-electron chi connectivity index (χ2n) is 12.5. The van der Waals surface area contributed by atoms with E-state index in [1.807, 2.05) is 24.8 Å². The van der Waals surface area contributed by atoms with Crippen molar-refractivity contribution in [3.8, 4) is 5.75 Å². The number of piperidine rings is 2. The van der Waals surface area contributed by atoms with Crippen molar-refractivity contribution >= 4 is 46.9 Å². The van der Waals surface area contributed by atoms with Gasteiger partial charge in [-0.15, -0.1) is 0 Å². The first-order valence-corrected chi connectivity index (χ1v) is 16.2. The number of hydrogen-bond donors (Lipinski definition) is 1. The van der Waals surface area contributed by atoms with Crippen LogP contribution in [0.4, 0.5) is 9.18 Å². The summed E-state index contributed by atoms with van der Waals surface area (Å²) in [6, 6.07) is 10.3. The van der Waals surface area contributed by atoms with Crippen molar-refractivity contribution in [1.29, 1.82) is 0 Å². The van der Waals surface area contributed by atoms with Crippen molar-refractivity contribution in [2.24, 2.45) is 11.8 Å². The number of benzene rings is 2. The zero-order chi connectivity index (χ0) is 32.5. The van der Waals surface area contributed by atoms with Crippen LogP contribution < -0.4 is 10.1 Å². The quantitative estimate of drug-likeness (QED) is 0.441. The topological polar surface area (TPSA) is 99.3 Å². The highest BCUT2D eigenvalue weighted by Gasteiger charge is 2.56. The average Bonchev–Trinajstić information content (AvgIpc) is 3.48. The van der Waals surface area contributed by atoms with E-state index < -0.39 is 29.3 Å². The summed E-state index contributed by atoms with van der Waals surface area (Å²) in [7, 11) is 1.55. The monoisotopic (exact) mass is 660 g/mol. The van der Waals surface area contributed by atoms with Gasteiger partial charge in [-0.1, -0.05) is 29.3 Å². The van der Waals surface area contributed by atoms with E-state index >= 15 is 0 Å². The molecule has 0 aromatic heterocycles. The molecule has 3 aliphatic heterocycles. The Labute approximate surface area is 272 Å². The lowest BCUT2D eigenvalue weighted by Gasteiger charge is -2.44. The van der Waals surface area contributed by atoms with Gasteiger partial charge in [0, 0.05) is 64.1 Å². The molecule has 0 radical (unpaired) electrons. The number of nitrogens with zero attached hydrogens (tertiary/aromatic N) is 3. The highest BCUT2D eigenvalue weighted by Crippen LogP contribution is 2.42. The van der Waals surface area contributed by atoms with E-state index in [-0.39, 0.29) is 41.9 Å². The number of rotatable bonds is 7. The predicted octanol–water partition coefficient (Wildman–Crippen LogP) is 5.14. The minimum atomic E-state index is -1.33. The van der Waals surface area contributed by atoms with Gasteiger partial charge in [-0.05, 0) is 75.1 Å². The SMILES string of the molecule is CC(C)N1CC(C(=O)N2CCC(C(=O)[C@@]3(N(C)C(=O)Oc4ccc(F)cc4)CNC[C@H]3c3ccc(Cl)c(Cl)c3)CC2)CCC1=O. The third-order valence-electron chi connectivity index (χ3n) is 9.58. The molecule has 5 rings (SSSR count). The molecule has 0 spiro atoms. The fraction of sp³-hybridized carbons (Fsp3) is 0.515. The minimum absolute atomic E-state index is 0.0185. The van der Waals surface area contributed by atoms with Crippen LogP contribution in [0.25, 0.3) is 0 Å². The summed E-state index contributed by atoms with van der Waals surface area (Å²) >= 11 is 12.6. The van der Waals surface area contributed by atoms with Crippen LogP contribution in [0, 0.1) is 17.7 Å². The molecule has 2 aromatic carbocycles. The molecule has 3 atom stereocenters. The molecule has 1 N–H and O–H groups in total. The molecule has 3 fully saturated rings. The van der Waals surface area contributed by atoms with Crippen LogP contribution >= 0.6 is 23.2 Å². The van der Waals surface area contributed by atoms with Gasteiger partial charge in [-0.25, -0.2) is 9.18 Å². The Bertz CT molecular complexity index is 1450. The summed E-state index contributed by atoms with van der Waals surface area (Å²) in [5.74, 6) is -1.48. The van der Waals surface area contributed by atoms with Crippen LogP contribution in [-0.2, 0) is 14.4 Å². The van der Waals surface area contributed by atoms with Gasteiger partial charge in [-0.2, -0.15) is 0 Å². The lowest BCUT2D eigenvalue weighted by molar-refractivity contribution is -0.147. The summed E-state index contributed by atoms with van der Waals surface area (Å²) in [4.78, 5) is 59.0. The molecule has 3 aliphatic rings. The van der Waals surface area contributed by atoms with E-state index in [1.165, 1.54) is 29.2 Å². The highest BCUT2D eigenvalue weighted by molar-refractivity contribution is 6.42. The van der Waals surface area contributed by atoms with Gasteiger partial charge in [0.2, 0.25) is 11.8 Å². The fourth-order valence-electron chi connectivity index (χ4n) is 6.98. The summed E-state index contributed by atoms with van der Waals surface area (Å²) in [6.45, 7) is 5.72. The minimum Gasteiger partial charge on any atom is -0.410 e. The van der Waals surface area contributed by atoms with Crippen molar-refractivity contribution in [2.45, 2.75) is 57.0 Å².